The minimum Gasteiger partial charge on any atom is -0.368 e. The van der Waals surface area contributed by atoms with Crippen LogP contribution in [0.1, 0.15) is 43.7 Å². The highest BCUT2D eigenvalue weighted by Crippen LogP contribution is 2.34. The van der Waals surface area contributed by atoms with Gasteiger partial charge in [-0.2, -0.15) is 0 Å². The summed E-state index contributed by atoms with van der Waals surface area (Å²) in [4.78, 5) is 19.8. The third-order valence-electron chi connectivity index (χ3n) is 4.46. The summed E-state index contributed by atoms with van der Waals surface area (Å²) in [7, 11) is 0. The molecule has 1 saturated carbocycles. The molecule has 1 saturated heterocycles. The van der Waals surface area contributed by atoms with Gasteiger partial charge in [0.05, 0.1) is 5.69 Å². The van der Waals surface area contributed by atoms with E-state index in [2.05, 4.69) is 25.9 Å². The predicted molar refractivity (Wildman–Crippen MR) is 85.5 cm³/mol. The molecule has 22 heavy (non-hydrogen) atoms. The molecule has 4 rings (SSSR count). The summed E-state index contributed by atoms with van der Waals surface area (Å²) in [6.45, 7) is 2.09. The van der Waals surface area contributed by atoms with Crippen LogP contribution in [-0.2, 0) is 0 Å². The minimum absolute atomic E-state index is 0.288. The average Bonchev–Trinajstić information content (AvgIpc) is 3.41. The highest BCUT2D eigenvalue weighted by atomic mass is 15.3. The van der Waals surface area contributed by atoms with Crippen LogP contribution in [0.5, 0.6) is 0 Å². The van der Waals surface area contributed by atoms with Gasteiger partial charge in [-0.25, -0.2) is 19.9 Å². The molecular formula is C16H20N6. The van der Waals surface area contributed by atoms with E-state index < -0.39 is 0 Å². The molecule has 2 aliphatic rings. The third kappa shape index (κ3) is 2.73. The van der Waals surface area contributed by atoms with Gasteiger partial charge in [-0.05, 0) is 18.9 Å². The van der Waals surface area contributed by atoms with E-state index >= 15 is 0 Å². The summed E-state index contributed by atoms with van der Waals surface area (Å²) in [5.41, 5.74) is 8.55. The van der Waals surface area contributed by atoms with Crippen molar-refractivity contribution in [1.29, 1.82) is 0 Å². The highest BCUT2D eigenvalue weighted by molar-refractivity contribution is 5.60. The van der Waals surface area contributed by atoms with E-state index in [1.54, 1.807) is 12.4 Å². The molecule has 0 bridgehead atoms. The number of hydrogen-bond acceptors (Lipinski definition) is 6. The van der Waals surface area contributed by atoms with Crippen LogP contribution < -0.4 is 10.6 Å². The molecule has 0 radical (unpaired) electrons. The van der Waals surface area contributed by atoms with Gasteiger partial charge in [0.15, 0.2) is 0 Å². The van der Waals surface area contributed by atoms with Crippen molar-refractivity contribution in [3.8, 4) is 11.3 Å². The second-order valence-electron chi connectivity index (χ2n) is 6.13. The maximum atomic E-state index is 5.58. The van der Waals surface area contributed by atoms with Gasteiger partial charge < -0.3 is 10.6 Å². The molecule has 114 valence electrons. The summed E-state index contributed by atoms with van der Waals surface area (Å²) in [5, 5.41) is 0. The number of rotatable bonds is 3. The monoisotopic (exact) mass is 296 g/mol. The lowest BCUT2D eigenvalue weighted by atomic mass is 9.86. The Hall–Kier alpha value is -2.24. The molecular weight excluding hydrogens is 276 g/mol. The largest absolute Gasteiger partial charge is 0.368 e. The second kappa shape index (κ2) is 5.51. The average molecular weight is 296 g/mol. The first-order valence-electron chi connectivity index (χ1n) is 8.01. The number of nitrogens with zero attached hydrogens (tertiary/aromatic N) is 5. The van der Waals surface area contributed by atoms with E-state index in [9.17, 15) is 0 Å². The van der Waals surface area contributed by atoms with Crippen molar-refractivity contribution < 1.29 is 0 Å². The van der Waals surface area contributed by atoms with Gasteiger partial charge >= 0.3 is 0 Å². The molecule has 6 heteroatoms. The summed E-state index contributed by atoms with van der Waals surface area (Å²) in [6, 6.07) is 2.11. The van der Waals surface area contributed by atoms with Gasteiger partial charge in [0.25, 0.3) is 0 Å². The van der Waals surface area contributed by atoms with Crippen LogP contribution in [0.15, 0.2) is 18.5 Å². The number of anilines is 2. The first kappa shape index (κ1) is 13.4. The highest BCUT2D eigenvalue weighted by Gasteiger charge is 2.25. The van der Waals surface area contributed by atoms with Gasteiger partial charge in [-0.3, -0.25) is 0 Å². The first-order valence-corrected chi connectivity index (χ1v) is 8.01. The van der Waals surface area contributed by atoms with Crippen molar-refractivity contribution >= 4 is 11.9 Å². The van der Waals surface area contributed by atoms with E-state index in [0.29, 0.717) is 5.92 Å². The Bertz CT molecular complexity index is 659. The fourth-order valence-corrected chi connectivity index (χ4v) is 3.07. The van der Waals surface area contributed by atoms with E-state index in [1.165, 1.54) is 37.8 Å². The van der Waals surface area contributed by atoms with E-state index in [1.807, 2.05) is 0 Å². The maximum Gasteiger partial charge on any atom is 0.226 e. The van der Waals surface area contributed by atoms with Crippen molar-refractivity contribution in [2.45, 2.75) is 38.0 Å². The van der Waals surface area contributed by atoms with Crippen molar-refractivity contribution in [3.05, 3.63) is 24.2 Å². The Morgan fingerprint density at radius 3 is 2.41 bits per heavy atom. The standard InChI is InChI=1S/C16H20N6/c17-15-18-9-12(10-19-15)14-8-13(11-4-2-1-3-5-11)20-16(21-14)22-6-7-22/h8-11H,1-7H2,(H2,17,18,19). The minimum atomic E-state index is 0.288. The normalized spacial score (nSPS) is 18.5. The molecule has 1 aliphatic heterocycles. The van der Waals surface area contributed by atoms with Crippen LogP contribution >= 0.6 is 0 Å². The van der Waals surface area contributed by atoms with Crippen molar-refractivity contribution in [2.75, 3.05) is 23.7 Å². The second-order valence-corrected chi connectivity index (χ2v) is 6.13. The van der Waals surface area contributed by atoms with Gasteiger partial charge in [-0.1, -0.05) is 19.3 Å². The van der Waals surface area contributed by atoms with Gasteiger partial charge in [0.2, 0.25) is 11.9 Å². The number of nitrogen functional groups attached to an aromatic ring is 1. The smallest absolute Gasteiger partial charge is 0.226 e. The molecule has 0 atom stereocenters. The van der Waals surface area contributed by atoms with Crippen LogP contribution in [0.2, 0.25) is 0 Å². The molecule has 2 N–H and O–H groups in total. The van der Waals surface area contributed by atoms with E-state index in [0.717, 1.165) is 30.3 Å². The number of hydrogen-bond donors (Lipinski definition) is 1. The fourth-order valence-electron chi connectivity index (χ4n) is 3.07. The zero-order valence-corrected chi connectivity index (χ0v) is 12.6. The Kier molecular flexibility index (Phi) is 3.36. The first-order chi connectivity index (χ1) is 10.8. The predicted octanol–water partition coefficient (Wildman–Crippen LogP) is 2.38. The number of nitrogens with two attached hydrogens (primary N) is 1. The molecule has 2 aromatic heterocycles. The van der Waals surface area contributed by atoms with E-state index in [4.69, 9.17) is 10.7 Å². The molecule has 2 aromatic rings. The van der Waals surface area contributed by atoms with Crippen molar-refractivity contribution in [2.24, 2.45) is 0 Å². The molecule has 0 aromatic carbocycles. The lowest BCUT2D eigenvalue weighted by molar-refractivity contribution is 0.436. The lowest BCUT2D eigenvalue weighted by Gasteiger charge is -2.22. The zero-order chi connectivity index (χ0) is 14.9. The quantitative estimate of drug-likeness (QED) is 0.876. The molecule has 0 spiro atoms. The van der Waals surface area contributed by atoms with E-state index in [-0.39, 0.29) is 5.95 Å². The summed E-state index contributed by atoms with van der Waals surface area (Å²) in [6.07, 6.45) is 9.88. The Labute approximate surface area is 129 Å². The van der Waals surface area contributed by atoms with Crippen molar-refractivity contribution in [1.82, 2.24) is 19.9 Å². The summed E-state index contributed by atoms with van der Waals surface area (Å²) >= 11 is 0. The van der Waals surface area contributed by atoms with Crippen LogP contribution in [-0.4, -0.2) is 33.0 Å². The molecule has 0 amide bonds. The maximum absolute atomic E-state index is 5.58. The topological polar surface area (TPSA) is 80.6 Å². The molecule has 0 unspecified atom stereocenters. The fraction of sp³-hybridized carbons (Fsp3) is 0.500. The zero-order valence-electron chi connectivity index (χ0n) is 12.6. The SMILES string of the molecule is Nc1ncc(-c2cc(C3CCCCC3)nc(N3CC3)n2)cn1. The lowest BCUT2D eigenvalue weighted by Crippen LogP contribution is -2.10. The van der Waals surface area contributed by atoms with Crippen LogP contribution in [0, 0.1) is 0 Å². The third-order valence-corrected chi connectivity index (χ3v) is 4.46. The molecule has 6 nitrogen and oxygen atoms in total. The van der Waals surface area contributed by atoms with Gasteiger partial charge in [-0.15, -0.1) is 0 Å². The number of aromatic nitrogens is 4. The Balaban J connectivity index is 1.73. The van der Waals surface area contributed by atoms with Crippen molar-refractivity contribution in [3.63, 3.8) is 0 Å². The molecule has 3 heterocycles. The molecule has 1 aliphatic carbocycles. The Morgan fingerprint density at radius 1 is 1.00 bits per heavy atom. The van der Waals surface area contributed by atoms with Crippen LogP contribution in [0.3, 0.4) is 0 Å². The van der Waals surface area contributed by atoms with Gasteiger partial charge in [0.1, 0.15) is 0 Å². The summed E-state index contributed by atoms with van der Waals surface area (Å²) in [5.74, 6) is 1.69. The summed E-state index contributed by atoms with van der Waals surface area (Å²) < 4.78 is 0. The van der Waals surface area contributed by atoms with Crippen LogP contribution in [0.25, 0.3) is 11.3 Å². The molecule has 2 fully saturated rings. The van der Waals surface area contributed by atoms with Crippen LogP contribution in [0.4, 0.5) is 11.9 Å². The Morgan fingerprint density at radius 2 is 1.73 bits per heavy atom. The van der Waals surface area contributed by atoms with Gasteiger partial charge in [0, 0.05) is 42.7 Å².